The highest BCUT2D eigenvalue weighted by Gasteiger charge is 2.33. The van der Waals surface area contributed by atoms with Crippen LogP contribution < -0.4 is 5.32 Å². The van der Waals surface area contributed by atoms with Crippen LogP contribution in [0.2, 0.25) is 0 Å². The summed E-state index contributed by atoms with van der Waals surface area (Å²) in [5.41, 5.74) is -0.769. The minimum atomic E-state index is -1.18. The number of aliphatic hydroxyl groups excluding tert-OH is 1. The Hall–Kier alpha value is -1.07. The molecule has 0 radical (unpaired) electrons. The first-order chi connectivity index (χ1) is 6.50. The number of hydrogen-bond acceptors (Lipinski definition) is 3. The minimum absolute atomic E-state index is 0.315. The Balaban J connectivity index is 4.57. The van der Waals surface area contributed by atoms with Crippen molar-refractivity contribution in [2.75, 3.05) is 13.7 Å². The molecule has 5 nitrogen and oxygen atoms in total. The van der Waals surface area contributed by atoms with Gasteiger partial charge in [-0.3, -0.25) is 0 Å². The highest BCUT2D eigenvalue weighted by atomic mass is 16.5. The number of methoxy groups -OCH3 is 1. The lowest BCUT2D eigenvalue weighted by Gasteiger charge is -2.34. The molecule has 0 saturated heterocycles. The number of ether oxygens (including phenoxy) is 1. The molecule has 2 unspecified atom stereocenters. The van der Waals surface area contributed by atoms with Crippen molar-refractivity contribution < 1.29 is 19.7 Å². The summed E-state index contributed by atoms with van der Waals surface area (Å²) in [4.78, 5) is 10.4. The molecule has 0 bridgehead atoms. The first kappa shape index (κ1) is 12.9. The van der Waals surface area contributed by atoms with Crippen LogP contribution in [0.4, 0.5) is 4.79 Å². The van der Waals surface area contributed by atoms with E-state index in [2.05, 4.69) is 11.9 Å². The van der Waals surface area contributed by atoms with E-state index in [1.54, 1.807) is 13.0 Å². The summed E-state index contributed by atoms with van der Waals surface area (Å²) in [5, 5.41) is 19.8. The van der Waals surface area contributed by atoms with Gasteiger partial charge in [-0.15, -0.1) is 6.58 Å². The van der Waals surface area contributed by atoms with Gasteiger partial charge in [0.25, 0.3) is 0 Å². The van der Waals surface area contributed by atoms with Gasteiger partial charge in [0, 0.05) is 7.11 Å². The summed E-state index contributed by atoms with van der Waals surface area (Å²) >= 11 is 0. The van der Waals surface area contributed by atoms with Gasteiger partial charge in [0.2, 0.25) is 0 Å². The first-order valence-electron chi connectivity index (χ1n) is 4.26. The Labute approximate surface area is 83.4 Å². The van der Waals surface area contributed by atoms with Crippen molar-refractivity contribution in [2.24, 2.45) is 0 Å². The van der Waals surface area contributed by atoms with Crippen molar-refractivity contribution in [3.05, 3.63) is 12.7 Å². The third kappa shape index (κ3) is 3.35. The number of aliphatic hydroxyl groups is 1. The molecule has 0 spiro atoms. The van der Waals surface area contributed by atoms with Gasteiger partial charge in [-0.25, -0.2) is 4.79 Å². The fraction of sp³-hybridized carbons (Fsp3) is 0.667. The van der Waals surface area contributed by atoms with Crippen LogP contribution in [-0.4, -0.2) is 41.7 Å². The van der Waals surface area contributed by atoms with Gasteiger partial charge in [0.1, 0.15) is 0 Å². The van der Waals surface area contributed by atoms with Gasteiger partial charge in [-0.2, -0.15) is 0 Å². The van der Waals surface area contributed by atoms with E-state index in [0.29, 0.717) is 6.42 Å². The van der Waals surface area contributed by atoms with Gasteiger partial charge < -0.3 is 20.3 Å². The summed E-state index contributed by atoms with van der Waals surface area (Å²) in [6.45, 7) is 4.95. The van der Waals surface area contributed by atoms with E-state index >= 15 is 0 Å². The third-order valence-electron chi connectivity index (χ3n) is 2.23. The fourth-order valence-electron chi connectivity index (χ4n) is 1.19. The molecule has 0 aliphatic heterocycles. The van der Waals surface area contributed by atoms with Gasteiger partial charge in [0.15, 0.2) is 0 Å². The normalized spacial score (nSPS) is 16.8. The summed E-state index contributed by atoms with van der Waals surface area (Å²) in [6, 6.07) is -0.664. The van der Waals surface area contributed by atoms with Crippen LogP contribution in [0.5, 0.6) is 0 Å². The van der Waals surface area contributed by atoms with Gasteiger partial charge in [-0.1, -0.05) is 6.08 Å². The maximum Gasteiger partial charge on any atom is 0.405 e. The molecule has 0 rings (SSSR count). The molecule has 5 heteroatoms. The van der Waals surface area contributed by atoms with Crippen LogP contribution in [0.3, 0.4) is 0 Å². The van der Waals surface area contributed by atoms with E-state index in [9.17, 15) is 4.79 Å². The predicted molar refractivity (Wildman–Crippen MR) is 52.3 cm³/mol. The van der Waals surface area contributed by atoms with Crippen molar-refractivity contribution in [2.45, 2.75) is 25.0 Å². The Morgan fingerprint density at radius 1 is 1.79 bits per heavy atom. The summed E-state index contributed by atoms with van der Waals surface area (Å²) < 4.78 is 5.18. The van der Waals surface area contributed by atoms with Crippen LogP contribution >= 0.6 is 0 Å². The highest BCUT2D eigenvalue weighted by molar-refractivity contribution is 5.65. The SMILES string of the molecule is C=CCC(C)(OC)C(CO)NC(=O)O. The molecule has 0 aliphatic rings. The number of nitrogens with one attached hydrogen (secondary N) is 1. The van der Waals surface area contributed by atoms with Crippen LogP contribution in [0, 0.1) is 0 Å². The monoisotopic (exact) mass is 203 g/mol. The number of hydrogen-bond donors (Lipinski definition) is 3. The maximum absolute atomic E-state index is 10.4. The molecular weight excluding hydrogens is 186 g/mol. The minimum Gasteiger partial charge on any atom is -0.465 e. The largest absolute Gasteiger partial charge is 0.465 e. The van der Waals surface area contributed by atoms with Crippen LogP contribution in [0.1, 0.15) is 13.3 Å². The smallest absolute Gasteiger partial charge is 0.405 e. The van der Waals surface area contributed by atoms with Crippen LogP contribution in [0.25, 0.3) is 0 Å². The zero-order valence-corrected chi connectivity index (χ0v) is 8.49. The first-order valence-corrected chi connectivity index (χ1v) is 4.26. The molecule has 0 saturated carbocycles. The molecule has 1 amide bonds. The number of carbonyl (C=O) groups is 1. The van der Waals surface area contributed by atoms with Crippen molar-refractivity contribution >= 4 is 6.09 Å². The second kappa shape index (κ2) is 5.62. The lowest BCUT2D eigenvalue weighted by molar-refractivity contribution is -0.0362. The summed E-state index contributed by atoms with van der Waals surface area (Å²) in [6.07, 6.45) is 0.890. The predicted octanol–water partition coefficient (Wildman–Crippen LogP) is 0.596. The molecular formula is C9H17NO4. The quantitative estimate of drug-likeness (QED) is 0.552. The fourth-order valence-corrected chi connectivity index (χ4v) is 1.19. The molecule has 0 aliphatic carbocycles. The summed E-state index contributed by atoms with van der Waals surface area (Å²) in [5.74, 6) is 0. The average Bonchev–Trinajstić information content (AvgIpc) is 2.14. The molecule has 82 valence electrons. The van der Waals surface area contributed by atoms with E-state index in [-0.39, 0.29) is 6.61 Å². The lowest BCUT2D eigenvalue weighted by Crippen LogP contribution is -2.53. The Morgan fingerprint density at radius 3 is 2.64 bits per heavy atom. The van der Waals surface area contributed by atoms with Crippen LogP contribution in [0.15, 0.2) is 12.7 Å². The van der Waals surface area contributed by atoms with Crippen molar-refractivity contribution in [3.63, 3.8) is 0 Å². The van der Waals surface area contributed by atoms with Crippen molar-refractivity contribution in [1.29, 1.82) is 0 Å². The third-order valence-corrected chi connectivity index (χ3v) is 2.23. The molecule has 3 N–H and O–H groups in total. The lowest BCUT2D eigenvalue weighted by atomic mass is 9.93. The second-order valence-corrected chi connectivity index (χ2v) is 3.19. The highest BCUT2D eigenvalue weighted by Crippen LogP contribution is 2.19. The van der Waals surface area contributed by atoms with Crippen molar-refractivity contribution in [3.8, 4) is 0 Å². The average molecular weight is 203 g/mol. The molecule has 0 aromatic carbocycles. The molecule has 2 atom stereocenters. The van der Waals surface area contributed by atoms with Gasteiger partial charge in [-0.05, 0) is 13.3 Å². The topological polar surface area (TPSA) is 78.8 Å². The molecule has 0 fully saturated rings. The van der Waals surface area contributed by atoms with E-state index in [1.165, 1.54) is 7.11 Å². The van der Waals surface area contributed by atoms with Gasteiger partial charge >= 0.3 is 6.09 Å². The van der Waals surface area contributed by atoms with Crippen LogP contribution in [-0.2, 0) is 4.74 Å². The molecule has 14 heavy (non-hydrogen) atoms. The Bertz CT molecular complexity index is 207. The standard InChI is InChI=1S/C9H17NO4/c1-4-5-9(2,14-3)7(6-11)10-8(12)13/h4,7,10-11H,1,5-6H2,2-3H3,(H,12,13). The summed E-state index contributed by atoms with van der Waals surface area (Å²) in [7, 11) is 1.47. The van der Waals surface area contributed by atoms with E-state index in [1.807, 2.05) is 0 Å². The van der Waals surface area contributed by atoms with E-state index in [0.717, 1.165) is 0 Å². The van der Waals surface area contributed by atoms with E-state index in [4.69, 9.17) is 14.9 Å². The number of carboxylic acid groups (broad SMARTS) is 1. The van der Waals surface area contributed by atoms with E-state index < -0.39 is 17.7 Å². The number of rotatable bonds is 6. The molecule has 0 aromatic heterocycles. The zero-order valence-electron chi connectivity index (χ0n) is 8.49. The molecule has 0 heterocycles. The Morgan fingerprint density at radius 2 is 2.36 bits per heavy atom. The maximum atomic E-state index is 10.4. The Kier molecular flexibility index (Phi) is 5.19. The zero-order chi connectivity index (χ0) is 11.2. The second-order valence-electron chi connectivity index (χ2n) is 3.19. The molecule has 0 aromatic rings. The van der Waals surface area contributed by atoms with Gasteiger partial charge in [0.05, 0.1) is 18.2 Å². The van der Waals surface area contributed by atoms with Crippen molar-refractivity contribution in [1.82, 2.24) is 5.32 Å². The number of amides is 1.